The largest absolute Gasteiger partial charge is 0.462 e. The number of carbonyl (C=O) groups is 3. The fourth-order valence-corrected chi connectivity index (χ4v) is 8.59. The summed E-state index contributed by atoms with van der Waals surface area (Å²) >= 11 is 0. The Bertz CT molecular complexity index is 1250. The molecule has 0 spiro atoms. The van der Waals surface area contributed by atoms with E-state index >= 15 is 0 Å². The molecule has 0 aromatic heterocycles. The van der Waals surface area contributed by atoms with Crippen molar-refractivity contribution in [3.63, 3.8) is 0 Å². The monoisotopic (exact) mass is 965 g/mol. The highest BCUT2D eigenvalue weighted by Crippen LogP contribution is 2.17. The van der Waals surface area contributed by atoms with E-state index in [9.17, 15) is 14.4 Å². The van der Waals surface area contributed by atoms with Crippen molar-refractivity contribution < 1.29 is 28.6 Å². The number of hydrogen-bond acceptors (Lipinski definition) is 6. The summed E-state index contributed by atoms with van der Waals surface area (Å²) in [7, 11) is 0. The highest BCUT2D eigenvalue weighted by Gasteiger charge is 2.19. The van der Waals surface area contributed by atoms with Gasteiger partial charge in [0.25, 0.3) is 0 Å². The van der Waals surface area contributed by atoms with E-state index in [1.54, 1.807) is 0 Å². The first-order valence-corrected chi connectivity index (χ1v) is 29.8. The van der Waals surface area contributed by atoms with Gasteiger partial charge in [0.05, 0.1) is 0 Å². The van der Waals surface area contributed by atoms with Crippen molar-refractivity contribution >= 4 is 17.9 Å². The second-order valence-corrected chi connectivity index (χ2v) is 19.9. The summed E-state index contributed by atoms with van der Waals surface area (Å²) in [5.74, 6) is -0.879. The molecular formula is C63H112O6. The zero-order chi connectivity index (χ0) is 50.0. The molecular weight excluding hydrogens is 853 g/mol. The second-order valence-electron chi connectivity index (χ2n) is 19.9. The lowest BCUT2D eigenvalue weighted by atomic mass is 10.0. The zero-order valence-corrected chi connectivity index (χ0v) is 45.8. The first kappa shape index (κ1) is 66.1. The Morgan fingerprint density at radius 3 is 0.884 bits per heavy atom. The van der Waals surface area contributed by atoms with E-state index in [0.29, 0.717) is 19.3 Å². The maximum absolute atomic E-state index is 12.8. The standard InChI is InChI=1S/C63H112O6/c1-4-7-10-13-16-18-20-22-24-26-28-30-31-33-34-36-38-40-42-44-47-50-53-56-62(65)68-59-60(58-67-61(64)55-52-49-46-15-12-9-6-3)69-63(66)57-54-51-48-45-43-41-39-37-35-32-29-27-25-23-21-19-17-14-11-8-5-2/h7,10,16,18,22,24,28,30,33-34,60H,4-6,8-9,11-15,17,19-21,23,25-27,29,31-32,35-59H2,1-3H3/b10-7-,18-16-,24-22-,30-28-,34-33-. The van der Waals surface area contributed by atoms with Crippen LogP contribution in [-0.4, -0.2) is 37.2 Å². The van der Waals surface area contributed by atoms with Gasteiger partial charge in [-0.3, -0.25) is 14.4 Å². The van der Waals surface area contributed by atoms with E-state index in [0.717, 1.165) is 96.3 Å². The van der Waals surface area contributed by atoms with E-state index in [1.807, 2.05) is 0 Å². The van der Waals surface area contributed by atoms with Crippen LogP contribution in [0.5, 0.6) is 0 Å². The summed E-state index contributed by atoms with van der Waals surface area (Å²) in [4.78, 5) is 38.0. The third kappa shape index (κ3) is 55.9. The maximum atomic E-state index is 12.8. The SMILES string of the molecule is CC/C=C\C/C=C\C/C=C\C/C=C\C/C=C\CCCCCCCCCC(=O)OCC(COC(=O)CCCCCCCCC)OC(=O)CCCCCCCCCCCCCCCCCCCCCCC. The van der Waals surface area contributed by atoms with Crippen molar-refractivity contribution in [1.82, 2.24) is 0 Å². The molecule has 0 N–H and O–H groups in total. The Balaban J connectivity index is 4.18. The Labute approximate surface area is 428 Å². The minimum atomic E-state index is -0.774. The van der Waals surface area contributed by atoms with Crippen LogP contribution in [-0.2, 0) is 28.6 Å². The van der Waals surface area contributed by atoms with Crippen LogP contribution in [0.1, 0.15) is 303 Å². The lowest BCUT2D eigenvalue weighted by Crippen LogP contribution is -2.30. The molecule has 0 aromatic carbocycles. The molecule has 1 atom stereocenters. The topological polar surface area (TPSA) is 78.9 Å². The molecule has 0 radical (unpaired) electrons. The molecule has 0 rings (SSSR count). The predicted octanol–water partition coefficient (Wildman–Crippen LogP) is 20.0. The Hall–Kier alpha value is -2.89. The van der Waals surface area contributed by atoms with Gasteiger partial charge in [0, 0.05) is 19.3 Å². The number of hydrogen-bond donors (Lipinski definition) is 0. The minimum Gasteiger partial charge on any atom is -0.462 e. The number of rotatable bonds is 54. The number of allylic oxidation sites excluding steroid dienone is 10. The molecule has 0 aromatic rings. The normalized spacial score (nSPS) is 12.4. The smallest absolute Gasteiger partial charge is 0.306 e. The van der Waals surface area contributed by atoms with Gasteiger partial charge >= 0.3 is 17.9 Å². The molecule has 0 fully saturated rings. The molecule has 0 heterocycles. The van der Waals surface area contributed by atoms with Crippen LogP contribution >= 0.6 is 0 Å². The summed E-state index contributed by atoms with van der Waals surface area (Å²) in [5.41, 5.74) is 0. The van der Waals surface area contributed by atoms with Gasteiger partial charge in [0.2, 0.25) is 0 Å². The van der Waals surface area contributed by atoms with Crippen LogP contribution < -0.4 is 0 Å². The first-order valence-electron chi connectivity index (χ1n) is 29.8. The molecule has 0 bridgehead atoms. The highest BCUT2D eigenvalue weighted by atomic mass is 16.6. The first-order chi connectivity index (χ1) is 34.0. The second kappa shape index (κ2) is 57.7. The third-order valence-corrected chi connectivity index (χ3v) is 13.0. The van der Waals surface area contributed by atoms with E-state index in [4.69, 9.17) is 14.2 Å². The van der Waals surface area contributed by atoms with Gasteiger partial charge in [-0.05, 0) is 64.2 Å². The average Bonchev–Trinajstić information content (AvgIpc) is 3.35. The van der Waals surface area contributed by atoms with Crippen LogP contribution in [0.3, 0.4) is 0 Å². The molecule has 0 saturated carbocycles. The maximum Gasteiger partial charge on any atom is 0.306 e. The van der Waals surface area contributed by atoms with Gasteiger partial charge in [0.15, 0.2) is 6.10 Å². The Morgan fingerprint density at radius 2 is 0.565 bits per heavy atom. The van der Waals surface area contributed by atoms with E-state index < -0.39 is 6.10 Å². The molecule has 400 valence electrons. The van der Waals surface area contributed by atoms with E-state index in [2.05, 4.69) is 81.5 Å². The van der Waals surface area contributed by atoms with Crippen molar-refractivity contribution in [2.45, 2.75) is 309 Å². The molecule has 69 heavy (non-hydrogen) atoms. The van der Waals surface area contributed by atoms with Gasteiger partial charge in [-0.2, -0.15) is 0 Å². The van der Waals surface area contributed by atoms with Gasteiger partial charge in [-0.1, -0.05) is 281 Å². The fourth-order valence-electron chi connectivity index (χ4n) is 8.59. The Kier molecular flexibility index (Phi) is 55.3. The number of unbranched alkanes of at least 4 members (excludes halogenated alkanes) is 33. The fraction of sp³-hybridized carbons (Fsp3) is 0.794. The zero-order valence-electron chi connectivity index (χ0n) is 45.8. The van der Waals surface area contributed by atoms with E-state index in [1.165, 1.54) is 167 Å². The molecule has 0 aliphatic carbocycles. The molecule has 0 aliphatic heterocycles. The lowest BCUT2D eigenvalue weighted by molar-refractivity contribution is -0.167. The van der Waals surface area contributed by atoms with Crippen LogP contribution in [0.15, 0.2) is 60.8 Å². The van der Waals surface area contributed by atoms with Crippen molar-refractivity contribution in [2.24, 2.45) is 0 Å². The molecule has 6 heteroatoms. The van der Waals surface area contributed by atoms with Crippen molar-refractivity contribution in [2.75, 3.05) is 13.2 Å². The van der Waals surface area contributed by atoms with Crippen LogP contribution in [0, 0.1) is 0 Å². The van der Waals surface area contributed by atoms with E-state index in [-0.39, 0.29) is 31.1 Å². The quantitative estimate of drug-likeness (QED) is 0.0262. The van der Waals surface area contributed by atoms with Gasteiger partial charge < -0.3 is 14.2 Å². The highest BCUT2D eigenvalue weighted by molar-refractivity contribution is 5.71. The van der Waals surface area contributed by atoms with Crippen molar-refractivity contribution in [3.8, 4) is 0 Å². The summed E-state index contributed by atoms with van der Waals surface area (Å²) in [6, 6.07) is 0. The van der Waals surface area contributed by atoms with Crippen molar-refractivity contribution in [1.29, 1.82) is 0 Å². The van der Waals surface area contributed by atoms with Gasteiger partial charge in [-0.25, -0.2) is 0 Å². The van der Waals surface area contributed by atoms with Crippen LogP contribution in [0.4, 0.5) is 0 Å². The summed E-state index contributed by atoms with van der Waals surface area (Å²) in [5, 5.41) is 0. The van der Waals surface area contributed by atoms with Crippen molar-refractivity contribution in [3.05, 3.63) is 60.8 Å². The number of carbonyl (C=O) groups excluding carboxylic acids is 3. The number of esters is 3. The molecule has 6 nitrogen and oxygen atoms in total. The summed E-state index contributed by atoms with van der Waals surface area (Å²) in [6.45, 7) is 6.51. The third-order valence-electron chi connectivity index (χ3n) is 13.0. The van der Waals surface area contributed by atoms with Crippen LogP contribution in [0.25, 0.3) is 0 Å². The molecule has 1 unspecified atom stereocenters. The molecule has 0 amide bonds. The Morgan fingerprint density at radius 1 is 0.304 bits per heavy atom. The van der Waals surface area contributed by atoms with Gasteiger partial charge in [0.1, 0.15) is 13.2 Å². The minimum absolute atomic E-state index is 0.0747. The molecule has 0 aliphatic rings. The van der Waals surface area contributed by atoms with Crippen LogP contribution in [0.2, 0.25) is 0 Å². The summed E-state index contributed by atoms with van der Waals surface area (Å²) < 4.78 is 16.8. The average molecular weight is 966 g/mol. The lowest BCUT2D eigenvalue weighted by Gasteiger charge is -2.18. The summed E-state index contributed by atoms with van der Waals surface area (Å²) in [6.07, 6.45) is 72.4. The molecule has 0 saturated heterocycles. The number of ether oxygens (including phenoxy) is 3. The van der Waals surface area contributed by atoms with Gasteiger partial charge in [-0.15, -0.1) is 0 Å². The predicted molar refractivity (Wildman–Crippen MR) is 298 cm³/mol.